The van der Waals surface area contributed by atoms with Crippen LogP contribution >= 0.6 is 0 Å². The number of nitrogens with zero attached hydrogens (tertiary/aromatic N) is 3. The fourth-order valence-electron chi connectivity index (χ4n) is 10.6. The number of carbonyl (C=O) groups is 4. The molecule has 4 fully saturated rings. The Kier molecular flexibility index (Phi) is 12.0. The lowest BCUT2D eigenvalue weighted by molar-refractivity contribution is -0.202. The van der Waals surface area contributed by atoms with Gasteiger partial charge in [-0.1, -0.05) is 11.5 Å². The highest BCUT2D eigenvalue weighted by molar-refractivity contribution is 5.96. The smallest absolute Gasteiger partial charge is 0.291 e. The number of amides is 2. The number of Topliss-reactive ketones (excluding diaryl/α,β-unsaturated/α-hetero) is 2. The Labute approximate surface area is 330 Å². The van der Waals surface area contributed by atoms with Gasteiger partial charge in [0.1, 0.15) is 0 Å². The van der Waals surface area contributed by atoms with Gasteiger partial charge in [-0.25, -0.2) is 0 Å². The molecule has 308 valence electrons. The quantitative estimate of drug-likeness (QED) is 0.0350. The van der Waals surface area contributed by atoms with Crippen molar-refractivity contribution in [1.29, 1.82) is 0 Å². The maximum absolute atomic E-state index is 13.5. The van der Waals surface area contributed by atoms with Crippen LogP contribution in [-0.2, 0) is 4.79 Å². The van der Waals surface area contributed by atoms with Crippen molar-refractivity contribution in [2.45, 2.75) is 89.9 Å². The van der Waals surface area contributed by atoms with E-state index in [0.29, 0.717) is 64.3 Å². The van der Waals surface area contributed by atoms with E-state index in [1.807, 2.05) is 0 Å². The normalized spacial score (nSPS) is 24.1. The molecule has 58 heavy (non-hydrogen) atoms. The van der Waals surface area contributed by atoms with Crippen LogP contribution in [0.2, 0.25) is 0 Å². The molecular formula is C40H45N5O13. The Morgan fingerprint density at radius 2 is 1.05 bits per heavy atom. The van der Waals surface area contributed by atoms with Crippen LogP contribution in [-0.4, -0.2) is 58.3 Å². The topological polar surface area (TPSA) is 292 Å². The summed E-state index contributed by atoms with van der Waals surface area (Å²) in [6.07, 6.45) is 8.60. The first-order valence-electron chi connectivity index (χ1n) is 19.2. The second-order valence-corrected chi connectivity index (χ2v) is 16.5. The fourth-order valence-corrected chi connectivity index (χ4v) is 10.6. The van der Waals surface area contributed by atoms with Crippen LogP contribution in [0.1, 0.15) is 122 Å². The summed E-state index contributed by atoms with van der Waals surface area (Å²) in [5, 5.41) is 40.5. The first-order valence-corrected chi connectivity index (χ1v) is 19.2. The zero-order valence-electron chi connectivity index (χ0n) is 31.8. The first kappa shape index (κ1) is 41.5. The average Bonchev–Trinajstić information content (AvgIpc) is 3.18. The molecule has 0 aromatic carbocycles. The van der Waals surface area contributed by atoms with Gasteiger partial charge in [-0.15, -0.1) is 0 Å². The molecule has 7 rings (SSSR count). The lowest BCUT2D eigenvalue weighted by Crippen LogP contribution is -2.65. The average molecular weight is 804 g/mol. The standard InChI is InChI=1S/C40H45N5O13/c41-45-44-12-3-1-2-4-29(51)42-22-39-17-37(10-5-27(49)33-30(52)24(46)7-13-56-33)16-38(18-39,11-6-28(50)34-31(53)25(47)8-14-57-34)20-40(19-37,21-39)23-43-36(55)35-32(54)26(48)9-15-58-35/h7-9,13-15,52-54H,1-6,10-12,16-23H2,(H,42,51)(H,43,55)/t37-,38+,39?,40?. The number of unbranched alkanes of at least 4 members (excludes halogenated alkanes) is 2. The molecule has 4 atom stereocenters. The molecule has 5 N–H and O–H groups in total. The van der Waals surface area contributed by atoms with Crippen molar-refractivity contribution < 1.29 is 47.7 Å². The van der Waals surface area contributed by atoms with Crippen LogP contribution in [0.3, 0.4) is 0 Å². The predicted molar refractivity (Wildman–Crippen MR) is 202 cm³/mol. The van der Waals surface area contributed by atoms with E-state index >= 15 is 0 Å². The number of nitrogens with one attached hydrogen (secondary N) is 2. The molecule has 0 spiro atoms. The van der Waals surface area contributed by atoms with E-state index < -0.39 is 89.9 Å². The summed E-state index contributed by atoms with van der Waals surface area (Å²) in [4.78, 5) is 92.8. The van der Waals surface area contributed by atoms with Gasteiger partial charge < -0.3 is 39.2 Å². The van der Waals surface area contributed by atoms with Crippen LogP contribution in [0.25, 0.3) is 10.4 Å². The molecule has 4 aliphatic carbocycles. The van der Waals surface area contributed by atoms with E-state index in [1.54, 1.807) is 0 Å². The zero-order chi connectivity index (χ0) is 41.7. The van der Waals surface area contributed by atoms with Crippen molar-refractivity contribution in [2.24, 2.45) is 26.8 Å². The van der Waals surface area contributed by atoms with Crippen molar-refractivity contribution in [3.8, 4) is 17.2 Å². The number of carbonyl (C=O) groups excluding carboxylic acids is 4. The summed E-state index contributed by atoms with van der Waals surface area (Å²) >= 11 is 0. The van der Waals surface area contributed by atoms with Gasteiger partial charge in [0.05, 0.1) is 18.8 Å². The van der Waals surface area contributed by atoms with Gasteiger partial charge in [0.25, 0.3) is 5.91 Å². The van der Waals surface area contributed by atoms with Crippen molar-refractivity contribution in [2.75, 3.05) is 19.6 Å². The van der Waals surface area contributed by atoms with E-state index in [-0.39, 0.29) is 51.1 Å². The van der Waals surface area contributed by atoms with Crippen LogP contribution in [0.15, 0.2) is 69.7 Å². The number of rotatable bonds is 19. The lowest BCUT2D eigenvalue weighted by atomic mass is 9.34. The number of hydrogen-bond donors (Lipinski definition) is 5. The number of ketones is 2. The minimum absolute atomic E-state index is 0.0405. The third kappa shape index (κ3) is 8.86. The van der Waals surface area contributed by atoms with Gasteiger partial charge in [-0.2, -0.15) is 0 Å². The van der Waals surface area contributed by atoms with E-state index in [9.17, 15) is 48.9 Å². The fraction of sp³-hybridized carbons (Fsp3) is 0.525. The SMILES string of the molecule is [N-]=[N+]=NCCCCCC(=O)NCC12CC3(CNC(=O)c4occc(=O)c4O)C[C@](CCC(=O)c4occc(=O)c4O)(C1)C[C@](CCC(=O)c1occc(=O)c1O)(C2)C3. The molecule has 3 heterocycles. The molecule has 2 unspecified atom stereocenters. The monoisotopic (exact) mass is 803 g/mol. The minimum Gasteiger partial charge on any atom is -0.501 e. The molecule has 0 saturated heterocycles. The largest absolute Gasteiger partial charge is 0.501 e. The van der Waals surface area contributed by atoms with Gasteiger partial charge >= 0.3 is 0 Å². The maximum atomic E-state index is 13.5. The second kappa shape index (κ2) is 16.7. The zero-order valence-corrected chi connectivity index (χ0v) is 31.8. The molecule has 0 radical (unpaired) electrons. The predicted octanol–water partition coefficient (Wildman–Crippen LogP) is 5.03. The van der Waals surface area contributed by atoms with Crippen LogP contribution in [0.5, 0.6) is 17.2 Å². The molecule has 2 amide bonds. The number of aromatic hydroxyl groups is 3. The molecule has 4 bridgehead atoms. The molecule has 18 heteroatoms. The highest BCUT2D eigenvalue weighted by Crippen LogP contribution is 2.75. The minimum atomic E-state index is -0.848. The van der Waals surface area contributed by atoms with Gasteiger partial charge in [0.2, 0.25) is 68.3 Å². The summed E-state index contributed by atoms with van der Waals surface area (Å²) in [6.45, 7) is 0.610. The van der Waals surface area contributed by atoms with Crippen LogP contribution < -0.4 is 26.9 Å². The number of hydrogen-bond acceptors (Lipinski definition) is 14. The Morgan fingerprint density at radius 3 is 1.55 bits per heavy atom. The van der Waals surface area contributed by atoms with E-state index in [0.717, 1.165) is 37.0 Å². The highest BCUT2D eigenvalue weighted by atomic mass is 16.4. The third-order valence-corrected chi connectivity index (χ3v) is 12.0. The van der Waals surface area contributed by atoms with E-state index in [2.05, 4.69) is 20.7 Å². The van der Waals surface area contributed by atoms with Gasteiger partial charge in [0.15, 0.2) is 0 Å². The molecular weight excluding hydrogens is 758 g/mol. The van der Waals surface area contributed by atoms with Crippen LogP contribution in [0.4, 0.5) is 0 Å². The van der Waals surface area contributed by atoms with Crippen molar-refractivity contribution in [1.82, 2.24) is 10.6 Å². The molecule has 3 aromatic heterocycles. The lowest BCUT2D eigenvalue weighted by Gasteiger charge is -2.71. The van der Waals surface area contributed by atoms with Gasteiger partial charge in [-0.3, -0.25) is 33.6 Å². The summed E-state index contributed by atoms with van der Waals surface area (Å²) in [7, 11) is 0. The van der Waals surface area contributed by atoms with E-state index in [1.165, 1.54) is 0 Å². The Hall–Kier alpha value is -6.16. The Balaban J connectivity index is 1.32. The highest BCUT2D eigenvalue weighted by Gasteiger charge is 2.67. The summed E-state index contributed by atoms with van der Waals surface area (Å²) in [5.41, 5.74) is 3.62. The van der Waals surface area contributed by atoms with Gasteiger partial charge in [0, 0.05) is 62.0 Å². The van der Waals surface area contributed by atoms with Crippen molar-refractivity contribution in [3.63, 3.8) is 0 Å². The molecule has 3 aromatic rings. The van der Waals surface area contributed by atoms with Crippen molar-refractivity contribution >= 4 is 23.4 Å². The Bertz CT molecular complexity index is 2090. The second-order valence-electron chi connectivity index (χ2n) is 16.5. The summed E-state index contributed by atoms with van der Waals surface area (Å²) < 4.78 is 15.7. The first-order chi connectivity index (χ1) is 27.6. The van der Waals surface area contributed by atoms with Crippen molar-refractivity contribution in [3.05, 3.63) is 95.4 Å². The summed E-state index contributed by atoms with van der Waals surface area (Å²) in [5.74, 6) is -6.13. The molecule has 18 nitrogen and oxygen atoms in total. The third-order valence-electron chi connectivity index (χ3n) is 12.0. The molecule has 4 aliphatic rings. The molecule has 0 aliphatic heterocycles. The Morgan fingerprint density at radius 1 is 0.621 bits per heavy atom. The summed E-state index contributed by atoms with van der Waals surface area (Å²) in [6, 6.07) is 2.97. The number of azide groups is 1. The molecule has 4 saturated carbocycles. The van der Waals surface area contributed by atoms with E-state index in [4.69, 9.17) is 18.8 Å². The maximum Gasteiger partial charge on any atom is 0.291 e. The van der Waals surface area contributed by atoms with Crippen LogP contribution in [0, 0.1) is 21.7 Å². The van der Waals surface area contributed by atoms with Gasteiger partial charge in [-0.05, 0) is 91.4 Å².